The standard InChI is InChI=1S/C23H25FN2O3/c24-18-7-1-5-16(13-18)14-20-9-3-11-26(20)23(28)17-6-2-8-19(15-17)25-22(27)21-10-4-12-29-21/h1-2,5-8,13,15,20-21H,3-4,9-12,14H2,(H,25,27). The number of rotatable bonds is 5. The third-order valence-corrected chi connectivity index (χ3v) is 5.60. The molecule has 0 aromatic heterocycles. The number of nitrogens with one attached hydrogen (secondary N) is 1. The molecule has 2 aromatic rings. The number of hydrogen-bond donors (Lipinski definition) is 1. The van der Waals surface area contributed by atoms with Gasteiger partial charge in [0.05, 0.1) is 0 Å². The molecule has 2 aliphatic heterocycles. The first-order chi connectivity index (χ1) is 14.1. The van der Waals surface area contributed by atoms with Gasteiger partial charge in [-0.25, -0.2) is 4.39 Å². The summed E-state index contributed by atoms with van der Waals surface area (Å²) < 4.78 is 18.9. The molecule has 0 bridgehead atoms. The summed E-state index contributed by atoms with van der Waals surface area (Å²) in [5.41, 5.74) is 2.03. The summed E-state index contributed by atoms with van der Waals surface area (Å²) in [7, 11) is 0. The van der Waals surface area contributed by atoms with Crippen LogP contribution in [0.5, 0.6) is 0 Å². The lowest BCUT2D eigenvalue weighted by Crippen LogP contribution is -2.36. The van der Waals surface area contributed by atoms with Crippen LogP contribution in [0.2, 0.25) is 0 Å². The van der Waals surface area contributed by atoms with E-state index in [1.54, 1.807) is 30.3 Å². The third-order valence-electron chi connectivity index (χ3n) is 5.60. The predicted octanol–water partition coefficient (Wildman–Crippen LogP) is 3.79. The minimum absolute atomic E-state index is 0.0504. The van der Waals surface area contributed by atoms with E-state index in [-0.39, 0.29) is 23.7 Å². The molecule has 2 aliphatic rings. The van der Waals surface area contributed by atoms with Gasteiger partial charge in [0.15, 0.2) is 0 Å². The van der Waals surface area contributed by atoms with Gasteiger partial charge in [0, 0.05) is 30.4 Å². The van der Waals surface area contributed by atoms with E-state index in [0.717, 1.165) is 31.2 Å². The maximum Gasteiger partial charge on any atom is 0.254 e. The second kappa shape index (κ2) is 8.74. The van der Waals surface area contributed by atoms with Crippen molar-refractivity contribution >= 4 is 17.5 Å². The number of halogens is 1. The van der Waals surface area contributed by atoms with Crippen LogP contribution in [0.4, 0.5) is 10.1 Å². The summed E-state index contributed by atoms with van der Waals surface area (Å²) in [6.07, 6.45) is 3.67. The third kappa shape index (κ3) is 4.65. The van der Waals surface area contributed by atoms with E-state index in [1.165, 1.54) is 12.1 Å². The molecule has 2 unspecified atom stereocenters. The zero-order valence-corrected chi connectivity index (χ0v) is 16.3. The first-order valence-corrected chi connectivity index (χ1v) is 10.2. The Balaban J connectivity index is 1.44. The second-order valence-electron chi connectivity index (χ2n) is 7.70. The van der Waals surface area contributed by atoms with Gasteiger partial charge in [-0.2, -0.15) is 0 Å². The van der Waals surface area contributed by atoms with Gasteiger partial charge in [-0.15, -0.1) is 0 Å². The molecule has 0 spiro atoms. The van der Waals surface area contributed by atoms with Crippen LogP contribution in [0.25, 0.3) is 0 Å². The molecule has 29 heavy (non-hydrogen) atoms. The van der Waals surface area contributed by atoms with Crippen LogP contribution in [0, 0.1) is 5.82 Å². The van der Waals surface area contributed by atoms with Gasteiger partial charge in [-0.3, -0.25) is 9.59 Å². The molecule has 4 rings (SSSR count). The van der Waals surface area contributed by atoms with Crippen LogP contribution in [0.1, 0.15) is 41.6 Å². The number of benzene rings is 2. The summed E-state index contributed by atoms with van der Waals surface area (Å²) in [5, 5.41) is 2.85. The van der Waals surface area contributed by atoms with E-state index in [1.807, 2.05) is 11.0 Å². The Bertz CT molecular complexity index is 895. The van der Waals surface area contributed by atoms with Crippen LogP contribution in [-0.4, -0.2) is 42.0 Å². The Morgan fingerprint density at radius 3 is 2.76 bits per heavy atom. The largest absolute Gasteiger partial charge is 0.368 e. The van der Waals surface area contributed by atoms with E-state index >= 15 is 0 Å². The van der Waals surface area contributed by atoms with Crippen molar-refractivity contribution in [1.82, 2.24) is 4.90 Å². The van der Waals surface area contributed by atoms with Crippen molar-refractivity contribution in [2.45, 2.75) is 44.2 Å². The lowest BCUT2D eigenvalue weighted by atomic mass is 10.0. The number of carbonyl (C=O) groups excluding carboxylic acids is 2. The van der Waals surface area contributed by atoms with Gasteiger partial charge >= 0.3 is 0 Å². The lowest BCUT2D eigenvalue weighted by molar-refractivity contribution is -0.124. The number of ether oxygens (including phenoxy) is 1. The number of hydrogen-bond acceptors (Lipinski definition) is 3. The Kier molecular flexibility index (Phi) is 5.90. The van der Waals surface area contributed by atoms with E-state index in [2.05, 4.69) is 5.32 Å². The highest BCUT2D eigenvalue weighted by molar-refractivity contribution is 5.98. The molecule has 152 valence electrons. The van der Waals surface area contributed by atoms with Gasteiger partial charge in [-0.1, -0.05) is 18.2 Å². The number of likely N-dealkylation sites (tertiary alicyclic amines) is 1. The smallest absolute Gasteiger partial charge is 0.254 e. The highest BCUT2D eigenvalue weighted by atomic mass is 19.1. The fourth-order valence-electron chi connectivity index (χ4n) is 4.15. The molecule has 5 nitrogen and oxygen atoms in total. The molecule has 2 saturated heterocycles. The van der Waals surface area contributed by atoms with Crippen LogP contribution < -0.4 is 5.32 Å². The van der Waals surface area contributed by atoms with E-state index in [0.29, 0.717) is 30.8 Å². The van der Waals surface area contributed by atoms with Crippen molar-refractivity contribution in [3.05, 3.63) is 65.5 Å². The quantitative estimate of drug-likeness (QED) is 0.837. The SMILES string of the molecule is O=C(Nc1cccc(C(=O)N2CCCC2Cc2cccc(F)c2)c1)C1CCCO1. The highest BCUT2D eigenvalue weighted by Gasteiger charge is 2.30. The maximum absolute atomic E-state index is 13.5. The van der Waals surface area contributed by atoms with Crippen molar-refractivity contribution in [3.63, 3.8) is 0 Å². The fourth-order valence-corrected chi connectivity index (χ4v) is 4.15. The minimum Gasteiger partial charge on any atom is -0.368 e. The normalized spacial score (nSPS) is 21.3. The van der Waals surface area contributed by atoms with E-state index in [9.17, 15) is 14.0 Å². The van der Waals surface area contributed by atoms with Gasteiger partial charge < -0.3 is 15.0 Å². The molecule has 0 aliphatic carbocycles. The molecule has 2 fully saturated rings. The van der Waals surface area contributed by atoms with Gasteiger partial charge in [-0.05, 0) is 68.0 Å². The van der Waals surface area contributed by atoms with Crippen LogP contribution in [-0.2, 0) is 16.0 Å². The molecule has 2 atom stereocenters. The molecule has 2 aromatic carbocycles. The molecule has 2 amide bonds. The first kappa shape index (κ1) is 19.6. The number of anilines is 1. The van der Waals surface area contributed by atoms with Gasteiger partial charge in [0.2, 0.25) is 0 Å². The summed E-state index contributed by atoms with van der Waals surface area (Å²) >= 11 is 0. The van der Waals surface area contributed by atoms with Crippen LogP contribution in [0.15, 0.2) is 48.5 Å². The topological polar surface area (TPSA) is 58.6 Å². The summed E-state index contributed by atoms with van der Waals surface area (Å²) in [4.78, 5) is 27.3. The lowest BCUT2D eigenvalue weighted by Gasteiger charge is -2.25. The zero-order valence-electron chi connectivity index (χ0n) is 16.3. The predicted molar refractivity (Wildman–Crippen MR) is 108 cm³/mol. The van der Waals surface area contributed by atoms with Gasteiger partial charge in [0.1, 0.15) is 11.9 Å². The zero-order chi connectivity index (χ0) is 20.2. The van der Waals surface area contributed by atoms with E-state index < -0.39 is 6.10 Å². The van der Waals surface area contributed by atoms with Crippen LogP contribution >= 0.6 is 0 Å². The van der Waals surface area contributed by atoms with Gasteiger partial charge in [0.25, 0.3) is 11.8 Å². The number of nitrogens with zero attached hydrogens (tertiary/aromatic N) is 1. The fraction of sp³-hybridized carbons (Fsp3) is 0.391. The number of amides is 2. The molecular weight excluding hydrogens is 371 g/mol. The molecule has 1 N–H and O–H groups in total. The molecule has 2 heterocycles. The Labute approximate surface area is 169 Å². The summed E-state index contributed by atoms with van der Waals surface area (Å²) in [5.74, 6) is -0.484. The second-order valence-corrected chi connectivity index (χ2v) is 7.70. The molecule has 0 saturated carbocycles. The average Bonchev–Trinajstić information content (AvgIpc) is 3.40. The van der Waals surface area contributed by atoms with Crippen molar-refractivity contribution in [2.24, 2.45) is 0 Å². The Morgan fingerprint density at radius 2 is 1.97 bits per heavy atom. The Hall–Kier alpha value is -2.73. The monoisotopic (exact) mass is 396 g/mol. The van der Waals surface area contributed by atoms with Crippen LogP contribution in [0.3, 0.4) is 0 Å². The first-order valence-electron chi connectivity index (χ1n) is 10.2. The minimum atomic E-state index is -0.413. The summed E-state index contributed by atoms with van der Waals surface area (Å²) in [6.45, 7) is 1.30. The van der Waals surface area contributed by atoms with Crippen molar-refractivity contribution in [2.75, 3.05) is 18.5 Å². The highest BCUT2D eigenvalue weighted by Crippen LogP contribution is 2.25. The van der Waals surface area contributed by atoms with Crippen molar-refractivity contribution in [1.29, 1.82) is 0 Å². The number of carbonyl (C=O) groups is 2. The molecular formula is C23H25FN2O3. The van der Waals surface area contributed by atoms with E-state index in [4.69, 9.17) is 4.74 Å². The Morgan fingerprint density at radius 1 is 1.10 bits per heavy atom. The summed E-state index contributed by atoms with van der Waals surface area (Å²) in [6, 6.07) is 13.6. The molecule has 6 heteroatoms. The average molecular weight is 396 g/mol. The van der Waals surface area contributed by atoms with Crippen molar-refractivity contribution < 1.29 is 18.7 Å². The van der Waals surface area contributed by atoms with Crippen molar-refractivity contribution in [3.8, 4) is 0 Å². The molecule has 0 radical (unpaired) electrons. The maximum atomic E-state index is 13.5.